The van der Waals surface area contributed by atoms with Crippen LogP contribution in [0.5, 0.6) is 0 Å². The first kappa shape index (κ1) is 16.4. The van der Waals surface area contributed by atoms with E-state index >= 15 is 0 Å². The van der Waals surface area contributed by atoms with Crippen molar-refractivity contribution in [3.8, 4) is 0 Å². The molecule has 0 spiro atoms. The van der Waals surface area contributed by atoms with E-state index in [0.29, 0.717) is 5.02 Å². The molecule has 0 saturated heterocycles. The highest BCUT2D eigenvalue weighted by atomic mass is 35.5. The predicted octanol–water partition coefficient (Wildman–Crippen LogP) is 5.70. The van der Waals surface area contributed by atoms with Crippen molar-refractivity contribution in [2.24, 2.45) is 0 Å². The van der Waals surface area contributed by atoms with Crippen LogP contribution in [0.3, 0.4) is 0 Å². The van der Waals surface area contributed by atoms with E-state index < -0.39 is 5.97 Å². The number of fused-ring (bicyclic) bond motifs is 1. The first-order chi connectivity index (χ1) is 12.6. The summed E-state index contributed by atoms with van der Waals surface area (Å²) in [5.41, 5.74) is 3.82. The minimum absolute atomic E-state index is 0.212. The van der Waals surface area contributed by atoms with Crippen LogP contribution < -0.4 is 0 Å². The molecule has 128 valence electrons. The van der Waals surface area contributed by atoms with E-state index in [0.717, 1.165) is 27.6 Å². The number of para-hydroxylation sites is 1. The minimum atomic E-state index is -0.967. The van der Waals surface area contributed by atoms with Crippen molar-refractivity contribution in [2.45, 2.75) is 5.92 Å². The number of aromatic carboxylic acids is 1. The SMILES string of the molecule is O=C(O)c1[nH]c2ccccc2c1C(c1ccccc1)c1ccc(Cl)cc1. The van der Waals surface area contributed by atoms with Crippen molar-refractivity contribution < 1.29 is 9.90 Å². The van der Waals surface area contributed by atoms with Gasteiger partial charge in [-0.1, -0.05) is 72.3 Å². The lowest BCUT2D eigenvalue weighted by atomic mass is 9.83. The van der Waals surface area contributed by atoms with Gasteiger partial charge in [-0.15, -0.1) is 0 Å². The van der Waals surface area contributed by atoms with Crippen molar-refractivity contribution in [1.82, 2.24) is 4.98 Å². The number of aromatic nitrogens is 1. The van der Waals surface area contributed by atoms with Gasteiger partial charge in [-0.2, -0.15) is 0 Å². The van der Waals surface area contributed by atoms with Crippen LogP contribution in [-0.2, 0) is 0 Å². The summed E-state index contributed by atoms with van der Waals surface area (Å²) in [6.45, 7) is 0. The Kier molecular flexibility index (Phi) is 4.23. The molecule has 1 unspecified atom stereocenters. The second kappa shape index (κ2) is 6.70. The van der Waals surface area contributed by atoms with Gasteiger partial charge in [0.25, 0.3) is 0 Å². The highest BCUT2D eigenvalue weighted by Gasteiger charge is 2.26. The van der Waals surface area contributed by atoms with Crippen molar-refractivity contribution >= 4 is 28.5 Å². The van der Waals surface area contributed by atoms with Gasteiger partial charge in [0.1, 0.15) is 5.69 Å². The van der Waals surface area contributed by atoms with Crippen LogP contribution in [0.2, 0.25) is 5.02 Å². The second-order valence-electron chi connectivity index (χ2n) is 6.16. The average molecular weight is 362 g/mol. The maximum Gasteiger partial charge on any atom is 0.352 e. The molecule has 1 heterocycles. The predicted molar refractivity (Wildman–Crippen MR) is 104 cm³/mol. The summed E-state index contributed by atoms with van der Waals surface area (Å²) in [4.78, 5) is 15.0. The zero-order chi connectivity index (χ0) is 18.1. The molecule has 0 saturated carbocycles. The Morgan fingerprint density at radius 1 is 0.846 bits per heavy atom. The van der Waals surface area contributed by atoms with Crippen LogP contribution in [0, 0.1) is 0 Å². The molecule has 3 aromatic carbocycles. The summed E-state index contributed by atoms with van der Waals surface area (Å²) in [5, 5.41) is 11.4. The third-order valence-corrected chi connectivity index (χ3v) is 4.84. The van der Waals surface area contributed by atoms with Gasteiger partial charge in [0.2, 0.25) is 0 Å². The third kappa shape index (κ3) is 2.87. The van der Waals surface area contributed by atoms with Crippen LogP contribution in [-0.4, -0.2) is 16.1 Å². The number of hydrogen-bond donors (Lipinski definition) is 2. The fourth-order valence-corrected chi connectivity index (χ4v) is 3.58. The molecule has 1 aromatic heterocycles. The molecule has 2 N–H and O–H groups in total. The van der Waals surface area contributed by atoms with Gasteiger partial charge in [-0.05, 0) is 29.3 Å². The summed E-state index contributed by atoms with van der Waals surface area (Å²) >= 11 is 6.06. The number of carboxylic acid groups (broad SMARTS) is 1. The van der Waals surface area contributed by atoms with Gasteiger partial charge in [-0.3, -0.25) is 0 Å². The minimum Gasteiger partial charge on any atom is -0.477 e. The molecule has 0 amide bonds. The summed E-state index contributed by atoms with van der Waals surface area (Å²) < 4.78 is 0. The Bertz CT molecular complexity index is 1070. The highest BCUT2D eigenvalue weighted by Crippen LogP contribution is 2.38. The first-order valence-electron chi connectivity index (χ1n) is 8.29. The highest BCUT2D eigenvalue weighted by molar-refractivity contribution is 6.30. The molecular weight excluding hydrogens is 346 g/mol. The number of rotatable bonds is 4. The Balaban J connectivity index is 2.04. The number of aromatic amines is 1. The van der Waals surface area contributed by atoms with Crippen molar-refractivity contribution in [3.63, 3.8) is 0 Å². The van der Waals surface area contributed by atoms with Crippen molar-refractivity contribution in [2.75, 3.05) is 0 Å². The normalized spacial score (nSPS) is 12.2. The van der Waals surface area contributed by atoms with Gasteiger partial charge in [0.15, 0.2) is 0 Å². The molecule has 1 atom stereocenters. The standard InChI is InChI=1S/C22H16ClNO2/c23-16-12-10-15(11-13-16)19(14-6-2-1-3-7-14)20-17-8-4-5-9-18(17)24-21(20)22(25)26/h1-13,19,24H,(H,25,26). The number of carboxylic acids is 1. The number of halogens is 1. The van der Waals surface area contributed by atoms with Crippen LogP contribution in [0.25, 0.3) is 10.9 Å². The fraction of sp³-hybridized carbons (Fsp3) is 0.0455. The topological polar surface area (TPSA) is 53.1 Å². The summed E-state index contributed by atoms with van der Waals surface area (Å²) in [6, 6.07) is 25.2. The molecule has 26 heavy (non-hydrogen) atoms. The van der Waals surface area contributed by atoms with Gasteiger partial charge in [0.05, 0.1) is 0 Å². The summed E-state index contributed by atoms with van der Waals surface area (Å²) in [5.74, 6) is -1.18. The molecule has 0 aliphatic carbocycles. The van der Waals surface area contributed by atoms with E-state index in [-0.39, 0.29) is 11.6 Å². The molecule has 0 bridgehead atoms. The lowest BCUT2D eigenvalue weighted by Crippen LogP contribution is -2.09. The molecule has 0 radical (unpaired) electrons. The lowest BCUT2D eigenvalue weighted by Gasteiger charge is -2.19. The molecule has 3 nitrogen and oxygen atoms in total. The van der Waals surface area contributed by atoms with E-state index in [2.05, 4.69) is 4.98 Å². The Labute approximate surface area is 155 Å². The summed E-state index contributed by atoms with van der Waals surface area (Å²) in [6.07, 6.45) is 0. The number of H-pyrrole nitrogens is 1. The molecule has 0 aliphatic heterocycles. The van der Waals surface area contributed by atoms with Crippen molar-refractivity contribution in [3.05, 3.63) is 106 Å². The molecule has 4 heteroatoms. The quantitative estimate of drug-likeness (QED) is 0.490. The van der Waals surface area contributed by atoms with Gasteiger partial charge in [0, 0.05) is 27.4 Å². The van der Waals surface area contributed by atoms with Gasteiger partial charge < -0.3 is 10.1 Å². The maximum atomic E-state index is 12.0. The zero-order valence-electron chi connectivity index (χ0n) is 13.8. The monoisotopic (exact) mass is 361 g/mol. The molecule has 0 fully saturated rings. The van der Waals surface area contributed by atoms with E-state index in [1.165, 1.54) is 0 Å². The maximum absolute atomic E-state index is 12.0. The van der Waals surface area contributed by atoms with Crippen LogP contribution in [0.4, 0.5) is 0 Å². The molecule has 0 aliphatic rings. The van der Waals surface area contributed by atoms with Gasteiger partial charge >= 0.3 is 5.97 Å². The van der Waals surface area contributed by atoms with Gasteiger partial charge in [-0.25, -0.2) is 4.79 Å². The van der Waals surface area contributed by atoms with Crippen LogP contribution in [0.1, 0.15) is 33.1 Å². The fourth-order valence-electron chi connectivity index (χ4n) is 3.46. The van der Waals surface area contributed by atoms with E-state index in [9.17, 15) is 9.90 Å². The van der Waals surface area contributed by atoms with E-state index in [1.54, 1.807) is 0 Å². The zero-order valence-corrected chi connectivity index (χ0v) is 14.6. The number of nitrogens with one attached hydrogen (secondary N) is 1. The third-order valence-electron chi connectivity index (χ3n) is 4.59. The van der Waals surface area contributed by atoms with Crippen LogP contribution in [0.15, 0.2) is 78.9 Å². The Morgan fingerprint density at radius 2 is 1.46 bits per heavy atom. The summed E-state index contributed by atoms with van der Waals surface area (Å²) in [7, 11) is 0. The first-order valence-corrected chi connectivity index (χ1v) is 8.67. The number of carbonyl (C=O) groups is 1. The molecular formula is C22H16ClNO2. The second-order valence-corrected chi connectivity index (χ2v) is 6.60. The Morgan fingerprint density at radius 3 is 2.15 bits per heavy atom. The number of hydrogen-bond acceptors (Lipinski definition) is 1. The largest absolute Gasteiger partial charge is 0.477 e. The van der Waals surface area contributed by atoms with E-state index in [4.69, 9.17) is 11.6 Å². The molecule has 4 aromatic rings. The smallest absolute Gasteiger partial charge is 0.352 e. The lowest BCUT2D eigenvalue weighted by molar-refractivity contribution is 0.0690. The van der Waals surface area contributed by atoms with Crippen LogP contribution >= 0.6 is 11.6 Å². The molecule has 4 rings (SSSR count). The average Bonchev–Trinajstić information content (AvgIpc) is 3.04. The van der Waals surface area contributed by atoms with Crippen molar-refractivity contribution in [1.29, 1.82) is 0 Å². The Hall–Kier alpha value is -3.04. The van der Waals surface area contributed by atoms with E-state index in [1.807, 2.05) is 78.9 Å². The number of benzene rings is 3.